The van der Waals surface area contributed by atoms with Gasteiger partial charge in [0.2, 0.25) is 5.91 Å². The number of aromatic nitrogens is 1. The molecule has 1 aliphatic carbocycles. The third-order valence-electron chi connectivity index (χ3n) is 7.17. The highest BCUT2D eigenvalue weighted by atomic mass is 35.5. The van der Waals surface area contributed by atoms with Crippen LogP contribution in [0, 0.1) is 6.92 Å². The summed E-state index contributed by atoms with van der Waals surface area (Å²) in [6, 6.07) is 8.96. The average Bonchev–Trinajstić information content (AvgIpc) is 3.19. The Morgan fingerprint density at radius 3 is 2.59 bits per heavy atom. The number of halogens is 1. The van der Waals surface area contributed by atoms with Gasteiger partial charge in [-0.25, -0.2) is 0 Å². The van der Waals surface area contributed by atoms with Crippen molar-refractivity contribution in [3.63, 3.8) is 0 Å². The fourth-order valence-electron chi connectivity index (χ4n) is 5.36. The fourth-order valence-corrected chi connectivity index (χ4v) is 5.62. The number of aryl methyl sites for hydroxylation is 1. The van der Waals surface area contributed by atoms with Gasteiger partial charge in [0.15, 0.2) is 5.58 Å². The van der Waals surface area contributed by atoms with Crippen LogP contribution in [-0.2, 0) is 11.3 Å². The first-order chi connectivity index (χ1) is 16.3. The molecule has 3 heterocycles. The van der Waals surface area contributed by atoms with Crippen molar-refractivity contribution in [1.29, 1.82) is 0 Å². The highest BCUT2D eigenvalue weighted by Crippen LogP contribution is 2.39. The van der Waals surface area contributed by atoms with Gasteiger partial charge in [0.05, 0.1) is 24.2 Å². The van der Waals surface area contributed by atoms with Crippen LogP contribution in [0.1, 0.15) is 61.7 Å². The molecule has 34 heavy (non-hydrogen) atoms. The minimum absolute atomic E-state index is 0.116. The lowest BCUT2D eigenvalue weighted by atomic mass is 9.92. The van der Waals surface area contributed by atoms with E-state index in [2.05, 4.69) is 5.32 Å². The standard InChI is InChI=1S/C26H30ClN3O4/c1-16-12-20-23(34-16)14-21-24(31)30(18-10-11-22(33-3)19(27)13-18)26(2,15-29(20)21)25(32)28-17-8-6-4-5-7-9-17/h10-14,17H,4-9,15H2,1-3H3,(H,28,32)/t26-/m1/s1. The van der Waals surface area contributed by atoms with Gasteiger partial charge in [-0.3, -0.25) is 14.5 Å². The van der Waals surface area contributed by atoms with E-state index in [-0.39, 0.29) is 17.9 Å². The number of furan rings is 1. The molecule has 2 aromatic heterocycles. The van der Waals surface area contributed by atoms with Gasteiger partial charge in [-0.2, -0.15) is 0 Å². The van der Waals surface area contributed by atoms with Crippen molar-refractivity contribution in [3.05, 3.63) is 46.8 Å². The summed E-state index contributed by atoms with van der Waals surface area (Å²) in [5, 5.41) is 3.65. The lowest BCUT2D eigenvalue weighted by Gasteiger charge is -2.44. The van der Waals surface area contributed by atoms with Crippen molar-refractivity contribution in [2.24, 2.45) is 0 Å². The molecular weight excluding hydrogens is 454 g/mol. The van der Waals surface area contributed by atoms with Crippen molar-refractivity contribution < 1.29 is 18.7 Å². The molecule has 7 nitrogen and oxygen atoms in total. The maximum absolute atomic E-state index is 13.9. The minimum atomic E-state index is -1.16. The van der Waals surface area contributed by atoms with Crippen LogP contribution in [0.25, 0.3) is 11.1 Å². The monoisotopic (exact) mass is 483 g/mol. The molecule has 1 atom stereocenters. The molecule has 180 valence electrons. The number of carbonyl (C=O) groups is 2. The number of fused-ring (bicyclic) bond motifs is 3. The van der Waals surface area contributed by atoms with E-state index in [1.807, 2.05) is 24.5 Å². The Kier molecular flexibility index (Phi) is 5.84. The van der Waals surface area contributed by atoms with Crippen LogP contribution in [0.4, 0.5) is 5.69 Å². The summed E-state index contributed by atoms with van der Waals surface area (Å²) in [6.07, 6.45) is 6.53. The Morgan fingerprint density at radius 1 is 1.18 bits per heavy atom. The van der Waals surface area contributed by atoms with E-state index in [0.717, 1.165) is 37.0 Å². The highest BCUT2D eigenvalue weighted by Gasteiger charge is 2.49. The molecule has 2 aliphatic rings. The maximum atomic E-state index is 13.9. The van der Waals surface area contributed by atoms with Crippen molar-refractivity contribution in [3.8, 4) is 5.75 Å². The zero-order chi connectivity index (χ0) is 24.0. The number of benzene rings is 1. The number of amides is 2. The SMILES string of the molecule is COc1ccc(N2C(=O)c3cc4oc(C)cc4n3C[C@]2(C)C(=O)NC2CCCCCC2)cc1Cl. The Labute approximate surface area is 204 Å². The molecular formula is C26H30ClN3O4. The molecule has 2 amide bonds. The van der Waals surface area contributed by atoms with Gasteiger partial charge in [-0.05, 0) is 44.9 Å². The molecule has 0 unspecified atom stereocenters. The van der Waals surface area contributed by atoms with E-state index < -0.39 is 5.54 Å². The van der Waals surface area contributed by atoms with Crippen LogP contribution >= 0.6 is 11.6 Å². The number of nitrogens with one attached hydrogen (secondary N) is 1. The molecule has 0 radical (unpaired) electrons. The number of carbonyl (C=O) groups excluding carboxylic acids is 2. The molecule has 1 aliphatic heterocycles. The summed E-state index contributed by atoms with van der Waals surface area (Å²) >= 11 is 6.42. The summed E-state index contributed by atoms with van der Waals surface area (Å²) in [6.45, 7) is 4.01. The van der Waals surface area contributed by atoms with E-state index >= 15 is 0 Å². The Bertz CT molecular complexity index is 1250. The van der Waals surface area contributed by atoms with Crippen LogP contribution in [0.5, 0.6) is 5.75 Å². The topological polar surface area (TPSA) is 76.7 Å². The molecule has 1 aromatic carbocycles. The van der Waals surface area contributed by atoms with Crippen LogP contribution in [0.2, 0.25) is 5.02 Å². The highest BCUT2D eigenvalue weighted by molar-refractivity contribution is 6.32. The van der Waals surface area contributed by atoms with Gasteiger partial charge in [0.25, 0.3) is 5.91 Å². The first-order valence-corrected chi connectivity index (χ1v) is 12.3. The van der Waals surface area contributed by atoms with Gasteiger partial charge < -0.3 is 19.0 Å². The zero-order valence-electron chi connectivity index (χ0n) is 19.8. The predicted molar refractivity (Wildman–Crippen MR) is 132 cm³/mol. The van der Waals surface area contributed by atoms with E-state index in [1.165, 1.54) is 12.8 Å². The Balaban J connectivity index is 1.59. The van der Waals surface area contributed by atoms with Gasteiger partial charge >= 0.3 is 0 Å². The largest absolute Gasteiger partial charge is 0.495 e. The van der Waals surface area contributed by atoms with Crippen molar-refractivity contribution in [2.45, 2.75) is 70.5 Å². The number of hydrogen-bond acceptors (Lipinski definition) is 4. The van der Waals surface area contributed by atoms with E-state index in [0.29, 0.717) is 34.3 Å². The number of anilines is 1. The van der Waals surface area contributed by atoms with Crippen molar-refractivity contribution in [1.82, 2.24) is 9.88 Å². The molecule has 0 bridgehead atoms. The van der Waals surface area contributed by atoms with Gasteiger partial charge in [-0.15, -0.1) is 0 Å². The quantitative estimate of drug-likeness (QED) is 0.500. The van der Waals surface area contributed by atoms with Crippen LogP contribution in [0.15, 0.2) is 34.7 Å². The Hall–Kier alpha value is -2.93. The first kappa shape index (κ1) is 22.8. The van der Waals surface area contributed by atoms with Gasteiger partial charge in [0, 0.05) is 23.9 Å². The molecule has 1 fully saturated rings. The van der Waals surface area contributed by atoms with Crippen molar-refractivity contribution in [2.75, 3.05) is 12.0 Å². The lowest BCUT2D eigenvalue weighted by Crippen LogP contribution is -2.65. The normalized spacial score (nSPS) is 21.4. The number of ether oxygens (including phenoxy) is 1. The van der Waals surface area contributed by atoms with E-state index in [1.54, 1.807) is 36.3 Å². The third-order valence-corrected chi connectivity index (χ3v) is 7.46. The van der Waals surface area contributed by atoms with Gasteiger partial charge in [0.1, 0.15) is 22.7 Å². The average molecular weight is 484 g/mol. The predicted octanol–water partition coefficient (Wildman–Crippen LogP) is 5.46. The molecule has 0 saturated heterocycles. The second kappa shape index (κ2) is 8.69. The van der Waals surface area contributed by atoms with Crippen LogP contribution in [-0.4, -0.2) is 35.1 Å². The number of nitrogens with zero attached hydrogens (tertiary/aromatic N) is 2. The summed E-state index contributed by atoms with van der Waals surface area (Å²) in [5.74, 6) is 0.847. The van der Waals surface area contributed by atoms with E-state index in [4.69, 9.17) is 20.8 Å². The van der Waals surface area contributed by atoms with Crippen molar-refractivity contribution >= 4 is 40.2 Å². The zero-order valence-corrected chi connectivity index (χ0v) is 20.6. The molecule has 3 aromatic rings. The molecule has 0 spiro atoms. The van der Waals surface area contributed by atoms with E-state index in [9.17, 15) is 9.59 Å². The molecule has 1 saturated carbocycles. The number of hydrogen-bond donors (Lipinski definition) is 1. The van der Waals surface area contributed by atoms with Gasteiger partial charge in [-0.1, -0.05) is 37.3 Å². The lowest BCUT2D eigenvalue weighted by molar-refractivity contribution is -0.127. The number of rotatable bonds is 4. The smallest absolute Gasteiger partial charge is 0.276 e. The Morgan fingerprint density at radius 2 is 1.91 bits per heavy atom. The van der Waals surface area contributed by atoms with Crippen LogP contribution < -0.4 is 15.0 Å². The molecule has 1 N–H and O–H groups in total. The molecule has 5 rings (SSSR count). The fraction of sp³-hybridized carbons (Fsp3) is 0.462. The summed E-state index contributed by atoms with van der Waals surface area (Å²) < 4.78 is 13.0. The summed E-state index contributed by atoms with van der Waals surface area (Å²) in [5.41, 5.74) is 1.34. The second-order valence-electron chi connectivity index (χ2n) is 9.62. The molecule has 8 heteroatoms. The van der Waals surface area contributed by atoms with Crippen LogP contribution in [0.3, 0.4) is 0 Å². The first-order valence-electron chi connectivity index (χ1n) is 11.9. The second-order valence-corrected chi connectivity index (χ2v) is 10.0. The maximum Gasteiger partial charge on any atom is 0.276 e. The summed E-state index contributed by atoms with van der Waals surface area (Å²) in [4.78, 5) is 29.4. The summed E-state index contributed by atoms with van der Waals surface area (Å²) in [7, 11) is 1.54. The minimum Gasteiger partial charge on any atom is -0.495 e. The number of methoxy groups -OCH3 is 1. The third kappa shape index (κ3) is 3.76.